The molecule has 0 aromatic carbocycles. The van der Waals surface area contributed by atoms with Crippen LogP contribution in [0.15, 0.2) is 18.3 Å². The van der Waals surface area contributed by atoms with E-state index < -0.39 is 11.6 Å². The number of nitrogens with zero attached hydrogens (tertiary/aromatic N) is 3. The molecule has 4 N–H and O–H groups in total. The number of anilines is 2. The van der Waals surface area contributed by atoms with Gasteiger partial charge >= 0.3 is 0 Å². The van der Waals surface area contributed by atoms with Crippen LogP contribution >= 0.6 is 0 Å². The molecule has 21 heavy (non-hydrogen) atoms. The first-order valence-corrected chi connectivity index (χ1v) is 7.31. The molecule has 0 amide bonds. The maximum atomic E-state index is 10.1. The molecule has 2 rings (SSSR count). The molecule has 0 bridgehead atoms. The summed E-state index contributed by atoms with van der Waals surface area (Å²) in [5.74, 6) is 0.763. The van der Waals surface area contributed by atoms with Crippen molar-refractivity contribution in [3.63, 3.8) is 0 Å². The van der Waals surface area contributed by atoms with E-state index in [9.17, 15) is 5.11 Å². The fourth-order valence-electron chi connectivity index (χ4n) is 2.26. The summed E-state index contributed by atoms with van der Waals surface area (Å²) in [6.45, 7) is 5.89. The molecule has 0 saturated heterocycles. The van der Waals surface area contributed by atoms with Crippen LogP contribution < -0.4 is 11.1 Å². The van der Waals surface area contributed by atoms with E-state index in [0.29, 0.717) is 16.9 Å². The smallest absolute Gasteiger partial charge is 0.222 e. The largest absolute Gasteiger partial charge is 0.391 e. The van der Waals surface area contributed by atoms with Gasteiger partial charge in [-0.25, -0.2) is 4.98 Å². The van der Waals surface area contributed by atoms with Crippen LogP contribution in [0.1, 0.15) is 40.0 Å². The number of aliphatic hydroxyl groups is 1. The summed E-state index contributed by atoms with van der Waals surface area (Å²) in [6, 6.07) is 3.65. The summed E-state index contributed by atoms with van der Waals surface area (Å²) < 4.78 is 0. The predicted octanol–water partition coefficient (Wildman–Crippen LogP) is 2.35. The first kappa shape index (κ1) is 15.4. The summed E-state index contributed by atoms with van der Waals surface area (Å²) >= 11 is 0. The van der Waals surface area contributed by atoms with Gasteiger partial charge in [-0.15, -0.1) is 0 Å². The Morgan fingerprint density at radius 2 is 2.19 bits per heavy atom. The van der Waals surface area contributed by atoms with E-state index in [0.717, 1.165) is 19.3 Å². The zero-order chi connectivity index (χ0) is 15.5. The Kier molecular flexibility index (Phi) is 4.57. The van der Waals surface area contributed by atoms with Crippen molar-refractivity contribution in [2.45, 2.75) is 51.7 Å². The monoisotopic (exact) mass is 289 g/mol. The summed E-state index contributed by atoms with van der Waals surface area (Å²) in [6.07, 6.45) is 4.08. The molecule has 0 aliphatic rings. The average Bonchev–Trinajstić information content (AvgIpc) is 2.44. The second kappa shape index (κ2) is 6.22. The number of rotatable bonds is 6. The van der Waals surface area contributed by atoms with Gasteiger partial charge in [0.05, 0.1) is 17.2 Å². The highest BCUT2D eigenvalue weighted by Gasteiger charge is 2.30. The van der Waals surface area contributed by atoms with Gasteiger partial charge < -0.3 is 16.2 Å². The zero-order valence-corrected chi connectivity index (χ0v) is 12.8. The molecular formula is C15H23N5O. The Morgan fingerprint density at radius 3 is 2.86 bits per heavy atom. The van der Waals surface area contributed by atoms with E-state index >= 15 is 0 Å². The van der Waals surface area contributed by atoms with E-state index in [-0.39, 0.29) is 5.95 Å². The molecule has 2 aromatic heterocycles. The molecule has 1 unspecified atom stereocenters. The molecule has 2 heterocycles. The summed E-state index contributed by atoms with van der Waals surface area (Å²) in [7, 11) is 0. The molecule has 0 fully saturated rings. The number of fused-ring (bicyclic) bond motifs is 1. The Bertz CT molecular complexity index is 616. The van der Waals surface area contributed by atoms with E-state index in [1.54, 1.807) is 13.1 Å². The van der Waals surface area contributed by atoms with Gasteiger partial charge in [0.1, 0.15) is 5.52 Å². The minimum absolute atomic E-state index is 0.196. The molecule has 6 nitrogen and oxygen atoms in total. The maximum Gasteiger partial charge on any atom is 0.222 e. The lowest BCUT2D eigenvalue weighted by atomic mass is 9.89. The fourth-order valence-corrected chi connectivity index (χ4v) is 2.26. The number of nitrogen functional groups attached to an aromatic ring is 1. The van der Waals surface area contributed by atoms with Gasteiger partial charge in [0.2, 0.25) is 5.95 Å². The number of unbranched alkanes of at least 4 members (excludes halogenated alkanes) is 1. The van der Waals surface area contributed by atoms with Crippen LogP contribution in [0.4, 0.5) is 11.8 Å². The predicted molar refractivity (Wildman–Crippen MR) is 85.0 cm³/mol. The van der Waals surface area contributed by atoms with Crippen LogP contribution in [0.5, 0.6) is 0 Å². The topological polar surface area (TPSA) is 97.0 Å². The van der Waals surface area contributed by atoms with Gasteiger partial charge in [0.25, 0.3) is 0 Å². The fraction of sp³-hybridized carbons (Fsp3) is 0.533. The zero-order valence-electron chi connectivity index (χ0n) is 12.8. The van der Waals surface area contributed by atoms with Crippen molar-refractivity contribution in [2.24, 2.45) is 0 Å². The Balaban J connectivity index is 2.41. The Morgan fingerprint density at radius 1 is 1.43 bits per heavy atom. The lowest BCUT2D eigenvalue weighted by Gasteiger charge is -2.34. The summed E-state index contributed by atoms with van der Waals surface area (Å²) in [5.41, 5.74) is 6.64. The van der Waals surface area contributed by atoms with Crippen molar-refractivity contribution in [2.75, 3.05) is 11.1 Å². The first-order valence-electron chi connectivity index (χ1n) is 7.31. The molecule has 0 spiro atoms. The summed E-state index contributed by atoms with van der Waals surface area (Å²) in [5, 5.41) is 13.5. The second-order valence-corrected chi connectivity index (χ2v) is 5.62. The standard InChI is InChI=1S/C15H23N5O/c1-4-5-8-15(3,10(2)21)20-13-12-11(7-6-9-17-12)18-14(16)19-13/h6-7,9-10,21H,4-5,8H2,1-3H3,(H3,16,18,19,20)/t10?,15-/m0/s1. The van der Waals surface area contributed by atoms with E-state index in [1.165, 1.54) is 0 Å². The third-order valence-electron chi connectivity index (χ3n) is 3.85. The molecule has 6 heteroatoms. The highest BCUT2D eigenvalue weighted by molar-refractivity contribution is 5.86. The van der Waals surface area contributed by atoms with Crippen LogP contribution in [-0.4, -0.2) is 31.7 Å². The van der Waals surface area contributed by atoms with Gasteiger partial charge in [-0.1, -0.05) is 19.8 Å². The van der Waals surface area contributed by atoms with Gasteiger partial charge in [0.15, 0.2) is 5.82 Å². The highest BCUT2D eigenvalue weighted by Crippen LogP contribution is 2.27. The maximum absolute atomic E-state index is 10.1. The molecule has 2 atom stereocenters. The highest BCUT2D eigenvalue weighted by atomic mass is 16.3. The SMILES string of the molecule is CCCC[C@](C)(Nc1nc(N)nc2cccnc12)C(C)O. The number of nitrogens with one attached hydrogen (secondary N) is 1. The third-order valence-corrected chi connectivity index (χ3v) is 3.85. The molecule has 0 radical (unpaired) electrons. The van der Waals surface area contributed by atoms with Crippen LogP contribution in [0, 0.1) is 0 Å². The summed E-state index contributed by atoms with van der Waals surface area (Å²) in [4.78, 5) is 12.8. The van der Waals surface area contributed by atoms with Crippen molar-refractivity contribution < 1.29 is 5.11 Å². The minimum atomic E-state index is -0.529. The molecule has 0 saturated carbocycles. The van der Waals surface area contributed by atoms with Crippen LogP contribution in [0.2, 0.25) is 0 Å². The van der Waals surface area contributed by atoms with E-state index in [2.05, 4.69) is 27.2 Å². The Labute approximate surface area is 124 Å². The number of aromatic nitrogens is 3. The normalized spacial score (nSPS) is 15.6. The van der Waals surface area contributed by atoms with Crippen LogP contribution in [-0.2, 0) is 0 Å². The lowest BCUT2D eigenvalue weighted by Crippen LogP contribution is -2.45. The van der Waals surface area contributed by atoms with Gasteiger partial charge in [0, 0.05) is 6.20 Å². The van der Waals surface area contributed by atoms with E-state index in [4.69, 9.17) is 5.73 Å². The van der Waals surface area contributed by atoms with Crippen molar-refractivity contribution >= 4 is 22.8 Å². The molecule has 0 aliphatic carbocycles. The number of hydrogen-bond acceptors (Lipinski definition) is 6. The van der Waals surface area contributed by atoms with Gasteiger partial charge in [-0.05, 0) is 32.4 Å². The lowest BCUT2D eigenvalue weighted by molar-refractivity contribution is 0.116. The van der Waals surface area contributed by atoms with Crippen molar-refractivity contribution in [1.29, 1.82) is 0 Å². The van der Waals surface area contributed by atoms with Crippen molar-refractivity contribution in [3.8, 4) is 0 Å². The molecular weight excluding hydrogens is 266 g/mol. The molecule has 2 aromatic rings. The number of nitrogens with two attached hydrogens (primary N) is 1. The molecule has 0 aliphatic heterocycles. The Hall–Kier alpha value is -1.95. The van der Waals surface area contributed by atoms with Crippen molar-refractivity contribution in [1.82, 2.24) is 15.0 Å². The minimum Gasteiger partial charge on any atom is -0.391 e. The number of aliphatic hydroxyl groups excluding tert-OH is 1. The van der Waals surface area contributed by atoms with Crippen molar-refractivity contribution in [3.05, 3.63) is 18.3 Å². The number of hydrogen-bond donors (Lipinski definition) is 3. The van der Waals surface area contributed by atoms with Gasteiger partial charge in [-0.3, -0.25) is 4.98 Å². The first-order chi connectivity index (χ1) is 9.96. The second-order valence-electron chi connectivity index (χ2n) is 5.62. The van der Waals surface area contributed by atoms with Crippen LogP contribution in [0.25, 0.3) is 11.0 Å². The molecule has 114 valence electrons. The van der Waals surface area contributed by atoms with Crippen LogP contribution in [0.3, 0.4) is 0 Å². The average molecular weight is 289 g/mol. The number of pyridine rings is 1. The van der Waals surface area contributed by atoms with E-state index in [1.807, 2.05) is 19.1 Å². The third kappa shape index (κ3) is 3.39. The quantitative estimate of drug-likeness (QED) is 0.755. The van der Waals surface area contributed by atoms with Gasteiger partial charge in [-0.2, -0.15) is 4.98 Å².